The number of benzene rings is 1. The number of carbonyl (C=O) groups is 1. The van der Waals surface area contributed by atoms with Gasteiger partial charge >= 0.3 is 0 Å². The van der Waals surface area contributed by atoms with Crippen LogP contribution in [0.15, 0.2) is 29.2 Å². The molecule has 1 saturated heterocycles. The molecule has 0 unspecified atom stereocenters. The molecule has 0 aliphatic carbocycles. The molecule has 4 N–H and O–H groups in total. The molecule has 26 heavy (non-hydrogen) atoms. The Hall–Kier alpha value is -1.75. The van der Waals surface area contributed by atoms with Crippen molar-refractivity contribution in [2.24, 2.45) is 0 Å². The van der Waals surface area contributed by atoms with Crippen LogP contribution in [0.2, 0.25) is 0 Å². The van der Waals surface area contributed by atoms with Crippen molar-refractivity contribution >= 4 is 33.3 Å². The van der Waals surface area contributed by atoms with E-state index in [2.05, 4.69) is 16.2 Å². The predicted octanol–water partition coefficient (Wildman–Crippen LogP) is -1.28. The third-order valence-corrected chi connectivity index (χ3v) is 6.14. The number of hydrazine groups is 1. The van der Waals surface area contributed by atoms with E-state index in [0.29, 0.717) is 24.7 Å². The summed E-state index contributed by atoms with van der Waals surface area (Å²) in [6, 6.07) is 6.02. The van der Waals surface area contributed by atoms with Crippen LogP contribution >= 0.6 is 12.2 Å². The van der Waals surface area contributed by atoms with Gasteiger partial charge in [-0.2, -0.15) is 4.31 Å². The van der Waals surface area contributed by atoms with Crippen molar-refractivity contribution in [2.75, 3.05) is 40.3 Å². The Morgan fingerprint density at radius 1 is 1.23 bits per heavy atom. The van der Waals surface area contributed by atoms with Crippen molar-refractivity contribution in [2.45, 2.75) is 17.7 Å². The second-order valence-electron chi connectivity index (χ2n) is 6.43. The van der Waals surface area contributed by atoms with Gasteiger partial charge in [0.2, 0.25) is 10.0 Å². The maximum atomic E-state index is 12.6. The standard InChI is InChI=1S/C16H25N5O3S2/c1-20(2)11-8-17-16(25)19-18-15(22)13-6-5-7-14(12-13)26(23,24)21-9-3-4-10-21/h5-7,12H,3-4,8-11H2,1-2H3,(H,18,22)(H2,17,19,25)/p+1. The molecule has 1 fully saturated rings. The Bertz CT molecular complexity index is 746. The zero-order valence-corrected chi connectivity index (χ0v) is 16.7. The molecule has 1 aliphatic rings. The van der Waals surface area contributed by atoms with Crippen molar-refractivity contribution < 1.29 is 18.1 Å². The van der Waals surface area contributed by atoms with Gasteiger partial charge in [0.15, 0.2) is 5.11 Å². The van der Waals surface area contributed by atoms with Crippen LogP contribution in [0.4, 0.5) is 0 Å². The third kappa shape index (κ3) is 5.63. The molecule has 2 rings (SSSR count). The van der Waals surface area contributed by atoms with E-state index in [1.54, 1.807) is 12.1 Å². The number of hydrogen-bond acceptors (Lipinski definition) is 4. The molecule has 10 heteroatoms. The molecule has 1 amide bonds. The first-order valence-corrected chi connectivity index (χ1v) is 10.4. The van der Waals surface area contributed by atoms with E-state index in [-0.39, 0.29) is 10.5 Å². The summed E-state index contributed by atoms with van der Waals surface area (Å²) in [4.78, 5) is 13.7. The summed E-state index contributed by atoms with van der Waals surface area (Å²) in [5.41, 5.74) is 5.35. The number of thiocarbonyl (C=S) groups is 1. The summed E-state index contributed by atoms with van der Waals surface area (Å²) in [5.74, 6) is -0.453. The van der Waals surface area contributed by atoms with Crippen LogP contribution in [-0.2, 0) is 10.0 Å². The number of quaternary nitrogens is 1. The third-order valence-electron chi connectivity index (χ3n) is 4.00. The molecule has 8 nitrogen and oxygen atoms in total. The normalized spacial score (nSPS) is 15.0. The first-order valence-electron chi connectivity index (χ1n) is 8.54. The molecule has 1 aromatic carbocycles. The first kappa shape index (κ1) is 20.6. The van der Waals surface area contributed by atoms with Crippen molar-refractivity contribution in [3.8, 4) is 0 Å². The van der Waals surface area contributed by atoms with Gasteiger partial charge in [0.1, 0.15) is 0 Å². The molecule has 0 bridgehead atoms. The van der Waals surface area contributed by atoms with Crippen LogP contribution in [0, 0.1) is 0 Å². The van der Waals surface area contributed by atoms with Gasteiger partial charge in [0, 0.05) is 18.7 Å². The number of likely N-dealkylation sites (N-methyl/N-ethyl adjacent to an activating group) is 1. The average Bonchev–Trinajstić information content (AvgIpc) is 3.15. The van der Waals surface area contributed by atoms with Crippen molar-refractivity contribution in [3.63, 3.8) is 0 Å². The molecule has 0 atom stereocenters. The number of nitrogens with one attached hydrogen (secondary N) is 4. The molecule has 0 aromatic heterocycles. The van der Waals surface area contributed by atoms with Crippen LogP contribution in [0.3, 0.4) is 0 Å². The topological polar surface area (TPSA) is 95.0 Å². The number of sulfonamides is 1. The fraction of sp³-hybridized carbons (Fsp3) is 0.500. The lowest BCUT2D eigenvalue weighted by Gasteiger charge is -2.16. The Morgan fingerprint density at radius 2 is 1.92 bits per heavy atom. The summed E-state index contributed by atoms with van der Waals surface area (Å²) in [6.07, 6.45) is 1.73. The van der Waals surface area contributed by atoms with Gasteiger partial charge in [-0.3, -0.25) is 15.6 Å². The molecular formula is C16H26N5O3S2+. The zero-order valence-electron chi connectivity index (χ0n) is 15.0. The largest absolute Gasteiger partial charge is 0.356 e. The van der Waals surface area contributed by atoms with Crippen molar-refractivity contribution in [1.82, 2.24) is 20.5 Å². The Labute approximate surface area is 159 Å². The predicted molar refractivity (Wildman–Crippen MR) is 103 cm³/mol. The number of rotatable bonds is 6. The smallest absolute Gasteiger partial charge is 0.269 e. The summed E-state index contributed by atoms with van der Waals surface area (Å²) in [5, 5.41) is 3.28. The molecule has 1 aliphatic heterocycles. The van der Waals surface area contributed by atoms with Gasteiger partial charge in [0.05, 0.1) is 32.1 Å². The van der Waals surface area contributed by atoms with E-state index >= 15 is 0 Å². The lowest BCUT2D eigenvalue weighted by atomic mass is 10.2. The highest BCUT2D eigenvalue weighted by molar-refractivity contribution is 7.89. The van der Waals surface area contributed by atoms with Crippen LogP contribution in [-0.4, -0.2) is 64.0 Å². The number of carbonyl (C=O) groups excluding carboxylic acids is 1. The van der Waals surface area contributed by atoms with Crippen molar-refractivity contribution in [3.05, 3.63) is 29.8 Å². The quantitative estimate of drug-likeness (QED) is 0.351. The van der Waals surface area contributed by atoms with E-state index in [9.17, 15) is 13.2 Å². The molecule has 0 radical (unpaired) electrons. The summed E-state index contributed by atoms with van der Waals surface area (Å²) in [6.45, 7) is 2.60. The van der Waals surface area contributed by atoms with Crippen LogP contribution in [0.25, 0.3) is 0 Å². The number of hydrogen-bond donors (Lipinski definition) is 4. The van der Waals surface area contributed by atoms with Gasteiger partial charge in [-0.05, 0) is 43.3 Å². The fourth-order valence-electron chi connectivity index (χ4n) is 2.53. The lowest BCUT2D eigenvalue weighted by molar-refractivity contribution is -0.856. The van der Waals surface area contributed by atoms with Crippen molar-refractivity contribution in [1.29, 1.82) is 0 Å². The van der Waals surface area contributed by atoms with Gasteiger partial charge in [-0.15, -0.1) is 0 Å². The van der Waals surface area contributed by atoms with E-state index in [1.807, 2.05) is 14.1 Å². The first-order chi connectivity index (χ1) is 12.3. The van der Waals surface area contributed by atoms with Crippen LogP contribution in [0.1, 0.15) is 23.2 Å². The molecule has 0 saturated carbocycles. The van der Waals surface area contributed by atoms with E-state index < -0.39 is 15.9 Å². The lowest BCUT2D eigenvalue weighted by Crippen LogP contribution is -3.06. The van der Waals surface area contributed by atoms with Gasteiger partial charge in [-0.1, -0.05) is 6.07 Å². The molecule has 1 heterocycles. The minimum Gasteiger partial charge on any atom is -0.356 e. The highest BCUT2D eigenvalue weighted by Gasteiger charge is 2.27. The molecular weight excluding hydrogens is 374 g/mol. The Kier molecular flexibility index (Phi) is 7.33. The van der Waals surface area contributed by atoms with Gasteiger partial charge < -0.3 is 10.2 Å². The molecule has 0 spiro atoms. The Morgan fingerprint density at radius 3 is 2.58 bits per heavy atom. The molecule has 1 aromatic rings. The maximum Gasteiger partial charge on any atom is 0.269 e. The minimum atomic E-state index is -3.55. The maximum absolute atomic E-state index is 12.6. The second kappa shape index (κ2) is 9.26. The van der Waals surface area contributed by atoms with E-state index in [1.165, 1.54) is 21.3 Å². The Balaban J connectivity index is 1.94. The highest BCUT2D eigenvalue weighted by Crippen LogP contribution is 2.21. The monoisotopic (exact) mass is 400 g/mol. The van der Waals surface area contributed by atoms with Crippen LogP contribution in [0.5, 0.6) is 0 Å². The summed E-state index contributed by atoms with van der Waals surface area (Å²) >= 11 is 5.08. The summed E-state index contributed by atoms with van der Waals surface area (Å²) in [7, 11) is 0.508. The van der Waals surface area contributed by atoms with E-state index in [4.69, 9.17) is 12.2 Å². The van der Waals surface area contributed by atoms with Gasteiger partial charge in [-0.25, -0.2) is 8.42 Å². The minimum absolute atomic E-state index is 0.127. The average molecular weight is 401 g/mol. The fourth-order valence-corrected chi connectivity index (χ4v) is 4.25. The zero-order chi connectivity index (χ0) is 19.2. The highest BCUT2D eigenvalue weighted by atomic mass is 32.2. The SMILES string of the molecule is C[NH+](C)CCNC(=S)NNC(=O)c1cccc(S(=O)(=O)N2CCCC2)c1. The number of nitrogens with zero attached hydrogens (tertiary/aromatic N) is 1. The second-order valence-corrected chi connectivity index (χ2v) is 8.78. The van der Waals surface area contributed by atoms with Crippen LogP contribution < -0.4 is 21.1 Å². The molecule has 144 valence electrons. The summed E-state index contributed by atoms with van der Waals surface area (Å²) < 4.78 is 26.6. The number of amides is 1. The van der Waals surface area contributed by atoms with Gasteiger partial charge in [0.25, 0.3) is 5.91 Å². The van der Waals surface area contributed by atoms with E-state index in [0.717, 1.165) is 19.4 Å².